The largest absolute Gasteiger partial charge is 0.508 e. The van der Waals surface area contributed by atoms with E-state index in [2.05, 4.69) is 12.8 Å². The van der Waals surface area contributed by atoms with Crippen LogP contribution in [0.4, 0.5) is 0 Å². The minimum atomic E-state index is 0.279. The molecule has 1 rings (SSSR count). The second kappa shape index (κ2) is 4.72. The Morgan fingerprint density at radius 3 is 2.71 bits per heavy atom. The third-order valence-electron chi connectivity index (χ3n) is 2.57. The van der Waals surface area contributed by atoms with Crippen molar-refractivity contribution in [1.82, 2.24) is 0 Å². The fraction of sp³-hybridized carbons (Fsp3) is 0.385. The van der Waals surface area contributed by atoms with Crippen LogP contribution in [-0.4, -0.2) is 5.11 Å². The Hall–Kier alpha value is -1.42. The Bertz CT molecular complexity index is 326. The summed E-state index contributed by atoms with van der Waals surface area (Å²) in [6.07, 6.45) is 6.96. The van der Waals surface area contributed by atoms with E-state index in [1.807, 2.05) is 19.1 Å². The van der Waals surface area contributed by atoms with Crippen LogP contribution < -0.4 is 0 Å². The minimum Gasteiger partial charge on any atom is -0.508 e. The first kappa shape index (κ1) is 10.7. The summed E-state index contributed by atoms with van der Waals surface area (Å²) in [5, 5.41) is 9.75. The molecule has 0 saturated carbocycles. The van der Waals surface area contributed by atoms with E-state index in [0.717, 1.165) is 17.5 Å². The van der Waals surface area contributed by atoms with E-state index in [1.165, 1.54) is 0 Å². The lowest BCUT2D eigenvalue weighted by Gasteiger charge is -2.16. The summed E-state index contributed by atoms with van der Waals surface area (Å²) >= 11 is 0. The lowest BCUT2D eigenvalue weighted by molar-refractivity contribution is 0.458. The smallest absolute Gasteiger partial charge is 0.119 e. The Morgan fingerprint density at radius 2 is 2.21 bits per heavy atom. The summed E-state index contributed by atoms with van der Waals surface area (Å²) in [6.45, 7) is 4.10. The third kappa shape index (κ3) is 2.09. The van der Waals surface area contributed by atoms with Gasteiger partial charge in [-0.05, 0) is 30.9 Å². The number of terminal acetylenes is 1. The first-order valence-electron chi connectivity index (χ1n) is 4.92. The van der Waals surface area contributed by atoms with Crippen molar-refractivity contribution in [3.63, 3.8) is 0 Å². The molecule has 1 unspecified atom stereocenters. The highest BCUT2D eigenvalue weighted by Gasteiger charge is 2.14. The van der Waals surface area contributed by atoms with Gasteiger partial charge < -0.3 is 5.11 Å². The fourth-order valence-corrected chi connectivity index (χ4v) is 1.79. The topological polar surface area (TPSA) is 20.2 Å². The predicted octanol–water partition coefficient (Wildman–Crippen LogP) is 3.22. The van der Waals surface area contributed by atoms with Crippen molar-refractivity contribution in [3.8, 4) is 18.1 Å². The summed E-state index contributed by atoms with van der Waals surface area (Å²) < 4.78 is 0. The molecule has 0 aliphatic carbocycles. The van der Waals surface area contributed by atoms with Gasteiger partial charge in [0.05, 0.1) is 0 Å². The molecule has 0 amide bonds. The molecule has 0 fully saturated rings. The zero-order valence-electron chi connectivity index (χ0n) is 8.75. The van der Waals surface area contributed by atoms with E-state index in [9.17, 15) is 5.11 Å². The fourth-order valence-electron chi connectivity index (χ4n) is 1.79. The van der Waals surface area contributed by atoms with Gasteiger partial charge in [0, 0.05) is 12.0 Å². The van der Waals surface area contributed by atoms with E-state index >= 15 is 0 Å². The van der Waals surface area contributed by atoms with E-state index in [-0.39, 0.29) is 5.92 Å². The van der Waals surface area contributed by atoms with Crippen LogP contribution in [0.5, 0.6) is 5.75 Å². The maximum atomic E-state index is 9.75. The lowest BCUT2D eigenvalue weighted by Crippen LogP contribution is -1.99. The molecule has 0 aliphatic rings. The molecule has 1 N–H and O–H groups in total. The quantitative estimate of drug-likeness (QED) is 0.722. The summed E-state index contributed by atoms with van der Waals surface area (Å²) in [7, 11) is 0. The summed E-state index contributed by atoms with van der Waals surface area (Å²) in [5.74, 6) is 3.31. The van der Waals surface area contributed by atoms with Gasteiger partial charge in [0.25, 0.3) is 0 Å². The monoisotopic (exact) mass is 188 g/mol. The van der Waals surface area contributed by atoms with Gasteiger partial charge in [-0.3, -0.25) is 0 Å². The molecule has 74 valence electrons. The summed E-state index contributed by atoms with van der Waals surface area (Å²) in [4.78, 5) is 0. The number of hydrogen-bond acceptors (Lipinski definition) is 1. The first-order chi connectivity index (χ1) is 6.70. The van der Waals surface area contributed by atoms with Crippen LogP contribution in [0.2, 0.25) is 0 Å². The molecule has 0 heterocycles. The molecule has 1 heteroatoms. The van der Waals surface area contributed by atoms with Crippen LogP contribution in [0.1, 0.15) is 36.8 Å². The zero-order chi connectivity index (χ0) is 10.6. The number of hydrogen-bond donors (Lipinski definition) is 1. The number of aromatic hydroxyl groups is 1. The van der Waals surface area contributed by atoms with Crippen molar-refractivity contribution in [3.05, 3.63) is 29.3 Å². The average Bonchev–Trinajstić information content (AvgIpc) is 2.16. The van der Waals surface area contributed by atoms with Gasteiger partial charge in [-0.1, -0.05) is 19.1 Å². The summed E-state index contributed by atoms with van der Waals surface area (Å²) in [6, 6.07) is 5.59. The number of aryl methyl sites for hydroxylation is 1. The normalized spacial score (nSPS) is 12.1. The number of rotatable bonds is 3. The molecule has 1 atom stereocenters. The molecule has 0 aromatic heterocycles. The number of phenols is 1. The van der Waals surface area contributed by atoms with Crippen molar-refractivity contribution in [2.45, 2.75) is 32.6 Å². The second-order valence-electron chi connectivity index (χ2n) is 3.52. The van der Waals surface area contributed by atoms with E-state index in [0.29, 0.717) is 12.2 Å². The van der Waals surface area contributed by atoms with Crippen LogP contribution in [0.15, 0.2) is 18.2 Å². The highest BCUT2D eigenvalue weighted by atomic mass is 16.3. The van der Waals surface area contributed by atoms with Crippen molar-refractivity contribution < 1.29 is 5.11 Å². The van der Waals surface area contributed by atoms with E-state index in [4.69, 9.17) is 6.42 Å². The zero-order valence-corrected chi connectivity index (χ0v) is 8.75. The van der Waals surface area contributed by atoms with Gasteiger partial charge in [-0.25, -0.2) is 0 Å². The lowest BCUT2D eigenvalue weighted by atomic mass is 9.89. The molecule has 0 saturated heterocycles. The van der Waals surface area contributed by atoms with Crippen LogP contribution in [-0.2, 0) is 0 Å². The van der Waals surface area contributed by atoms with Crippen LogP contribution in [0.3, 0.4) is 0 Å². The van der Waals surface area contributed by atoms with Gasteiger partial charge >= 0.3 is 0 Å². The van der Waals surface area contributed by atoms with Crippen LogP contribution >= 0.6 is 0 Å². The first-order valence-corrected chi connectivity index (χ1v) is 4.92. The Morgan fingerprint density at radius 1 is 1.50 bits per heavy atom. The van der Waals surface area contributed by atoms with Crippen molar-refractivity contribution in [2.24, 2.45) is 0 Å². The summed E-state index contributed by atoms with van der Waals surface area (Å²) in [5.41, 5.74) is 2.13. The molecule has 0 spiro atoms. The molecule has 0 radical (unpaired) electrons. The van der Waals surface area contributed by atoms with E-state index in [1.54, 1.807) is 6.07 Å². The Balaban J connectivity index is 3.09. The molecular weight excluding hydrogens is 172 g/mol. The van der Waals surface area contributed by atoms with Crippen LogP contribution in [0, 0.1) is 19.3 Å². The van der Waals surface area contributed by atoms with Gasteiger partial charge in [0.15, 0.2) is 0 Å². The van der Waals surface area contributed by atoms with Crippen molar-refractivity contribution in [2.75, 3.05) is 0 Å². The molecule has 1 nitrogen and oxygen atoms in total. The second-order valence-corrected chi connectivity index (χ2v) is 3.52. The Kier molecular flexibility index (Phi) is 3.59. The number of benzene rings is 1. The maximum absolute atomic E-state index is 9.75. The predicted molar refractivity (Wildman–Crippen MR) is 59.3 cm³/mol. The number of phenolic OH excluding ortho intramolecular Hbond substituents is 1. The van der Waals surface area contributed by atoms with Gasteiger partial charge in [0.2, 0.25) is 0 Å². The molecule has 14 heavy (non-hydrogen) atoms. The average molecular weight is 188 g/mol. The standard InChI is InChI=1S/C13H16O/c1-4-7-11(5-2)13-10(3)8-6-9-12(13)14/h1,6,8-9,11,14H,5,7H2,2-3H3. The highest BCUT2D eigenvalue weighted by Crippen LogP contribution is 2.32. The van der Waals surface area contributed by atoms with Crippen molar-refractivity contribution in [1.29, 1.82) is 0 Å². The van der Waals surface area contributed by atoms with Gasteiger partial charge in [0.1, 0.15) is 5.75 Å². The minimum absolute atomic E-state index is 0.279. The molecule has 0 aliphatic heterocycles. The molecule has 1 aromatic rings. The molecule has 1 aromatic carbocycles. The van der Waals surface area contributed by atoms with Gasteiger partial charge in [-0.2, -0.15) is 0 Å². The Labute approximate surface area is 85.8 Å². The maximum Gasteiger partial charge on any atom is 0.119 e. The van der Waals surface area contributed by atoms with Crippen molar-refractivity contribution >= 4 is 0 Å². The molecule has 0 bridgehead atoms. The molecular formula is C13H16O. The van der Waals surface area contributed by atoms with E-state index < -0.39 is 0 Å². The third-order valence-corrected chi connectivity index (χ3v) is 2.57. The van der Waals surface area contributed by atoms with Gasteiger partial charge in [-0.15, -0.1) is 12.3 Å². The SMILES string of the molecule is C#CCC(CC)c1c(C)cccc1O. The van der Waals surface area contributed by atoms with Crippen LogP contribution in [0.25, 0.3) is 0 Å². The highest BCUT2D eigenvalue weighted by molar-refractivity contribution is 5.41.